The normalized spacial score (nSPS) is 14.5. The number of allylic oxidation sites excluding steroid dienone is 10. The van der Waals surface area contributed by atoms with Crippen LogP contribution in [0.25, 0.3) is 0 Å². The summed E-state index contributed by atoms with van der Waals surface area (Å²) in [6, 6.07) is 0. The molecule has 2 atom stereocenters. The van der Waals surface area contributed by atoms with E-state index < -0.39 is 13.9 Å². The number of carbonyl (C=O) groups excluding carboxylic acids is 1. The van der Waals surface area contributed by atoms with Crippen molar-refractivity contribution < 1.29 is 37.3 Å². The molecule has 0 amide bonds. The van der Waals surface area contributed by atoms with E-state index in [9.17, 15) is 14.3 Å². The number of hydrogen-bond donors (Lipinski definition) is 0. The lowest BCUT2D eigenvalue weighted by Gasteiger charge is -2.28. The number of quaternary nitrogens is 1. The van der Waals surface area contributed by atoms with E-state index in [1.165, 1.54) is 64.2 Å². The molecule has 0 aromatic carbocycles. The van der Waals surface area contributed by atoms with Crippen LogP contribution in [0.4, 0.5) is 0 Å². The molecule has 9 heteroatoms. The van der Waals surface area contributed by atoms with E-state index >= 15 is 0 Å². The molecule has 0 aromatic rings. The zero-order valence-corrected chi connectivity index (χ0v) is 34.9. The first-order valence-electron chi connectivity index (χ1n) is 20.5. The van der Waals surface area contributed by atoms with Gasteiger partial charge < -0.3 is 27.9 Å². The molecule has 0 aliphatic heterocycles. The maximum Gasteiger partial charge on any atom is 0.306 e. The van der Waals surface area contributed by atoms with Gasteiger partial charge in [0.1, 0.15) is 19.3 Å². The molecule has 0 fully saturated rings. The number of rotatable bonds is 37. The van der Waals surface area contributed by atoms with Gasteiger partial charge in [0.2, 0.25) is 0 Å². The lowest BCUT2D eigenvalue weighted by atomic mass is 10.1. The summed E-state index contributed by atoms with van der Waals surface area (Å²) in [6.45, 7) is 5.20. The van der Waals surface area contributed by atoms with Crippen LogP contribution in [0.2, 0.25) is 0 Å². The van der Waals surface area contributed by atoms with Crippen molar-refractivity contribution >= 4 is 13.8 Å². The smallest absolute Gasteiger partial charge is 0.306 e. The zero-order chi connectivity index (χ0) is 38.4. The molecule has 0 bridgehead atoms. The lowest BCUT2D eigenvalue weighted by molar-refractivity contribution is -0.870. The molecule has 302 valence electrons. The van der Waals surface area contributed by atoms with E-state index in [0.29, 0.717) is 24.1 Å². The molecule has 0 spiro atoms. The maximum absolute atomic E-state index is 12.6. The minimum atomic E-state index is -4.54. The van der Waals surface area contributed by atoms with Gasteiger partial charge in [0.05, 0.1) is 34.4 Å². The van der Waals surface area contributed by atoms with E-state index in [1.807, 2.05) is 21.1 Å². The van der Waals surface area contributed by atoms with E-state index in [4.69, 9.17) is 18.5 Å². The summed E-state index contributed by atoms with van der Waals surface area (Å²) < 4.78 is 34.5. The Bertz CT molecular complexity index is 1020. The Kier molecular flexibility index (Phi) is 34.9. The molecule has 0 aromatic heterocycles. The van der Waals surface area contributed by atoms with Gasteiger partial charge in [-0.05, 0) is 77.0 Å². The third kappa shape index (κ3) is 39.4. The molecule has 8 nitrogen and oxygen atoms in total. The van der Waals surface area contributed by atoms with Gasteiger partial charge >= 0.3 is 5.97 Å². The first kappa shape index (κ1) is 50.2. The highest BCUT2D eigenvalue weighted by molar-refractivity contribution is 7.45. The minimum absolute atomic E-state index is 0.0143. The predicted molar refractivity (Wildman–Crippen MR) is 217 cm³/mol. The van der Waals surface area contributed by atoms with Crippen molar-refractivity contribution in [2.45, 2.75) is 155 Å². The molecule has 2 unspecified atom stereocenters. The third-order valence-electron chi connectivity index (χ3n) is 8.30. The number of carbonyl (C=O) groups is 1. The SMILES string of the molecule is CC/C=C\C/C=C\C/C=C\C/C=C\CCCCC(=O)OC(COCCCCCCCC/C=C\CCCCCCC)COP(=O)([O-])OCC[N+](C)(C)C. The Morgan fingerprint density at radius 2 is 1.12 bits per heavy atom. The Morgan fingerprint density at radius 1 is 0.615 bits per heavy atom. The van der Waals surface area contributed by atoms with Crippen LogP contribution in [0, 0.1) is 0 Å². The van der Waals surface area contributed by atoms with Gasteiger partial charge in [-0.2, -0.15) is 0 Å². The van der Waals surface area contributed by atoms with Crippen LogP contribution in [0.5, 0.6) is 0 Å². The minimum Gasteiger partial charge on any atom is -0.756 e. The Balaban J connectivity index is 4.37. The summed E-state index contributed by atoms with van der Waals surface area (Å²) in [4.78, 5) is 25.0. The summed E-state index contributed by atoms with van der Waals surface area (Å²) in [5.41, 5.74) is 0. The number of phosphoric acid groups is 1. The van der Waals surface area contributed by atoms with Crippen LogP contribution in [0.1, 0.15) is 149 Å². The summed E-state index contributed by atoms with van der Waals surface area (Å²) >= 11 is 0. The summed E-state index contributed by atoms with van der Waals surface area (Å²) in [5, 5.41) is 0. The molecule has 0 heterocycles. The van der Waals surface area contributed by atoms with Gasteiger partial charge in [-0.1, -0.05) is 126 Å². The van der Waals surface area contributed by atoms with Crippen molar-refractivity contribution in [3.63, 3.8) is 0 Å². The highest BCUT2D eigenvalue weighted by atomic mass is 31.2. The average molecular weight is 752 g/mol. The van der Waals surface area contributed by atoms with Crippen LogP contribution < -0.4 is 4.89 Å². The monoisotopic (exact) mass is 752 g/mol. The van der Waals surface area contributed by atoms with Crippen molar-refractivity contribution in [2.75, 3.05) is 54.1 Å². The van der Waals surface area contributed by atoms with Gasteiger partial charge in [0.25, 0.3) is 7.82 Å². The van der Waals surface area contributed by atoms with Crippen LogP contribution in [0.3, 0.4) is 0 Å². The first-order chi connectivity index (χ1) is 25.1. The molecule has 0 aliphatic rings. The largest absolute Gasteiger partial charge is 0.756 e. The standard InChI is InChI=1S/C43H78NO7P/c1-6-8-10-12-14-16-18-20-22-24-26-28-30-32-34-36-43(45)51-42(41-50-52(46,47)49-39-37-44(3,4)5)40-48-38-35-33-31-29-27-25-23-21-19-17-15-13-11-9-7-2/h8,10,14,16,19-22,26,28,42H,6-7,9,11-13,15,17-18,23-25,27,29-41H2,1-5H3/b10-8-,16-14-,21-19-,22-20-,28-26-. The fourth-order valence-corrected chi connectivity index (χ4v) is 5.85. The summed E-state index contributed by atoms with van der Waals surface area (Å²) in [7, 11) is 1.31. The van der Waals surface area contributed by atoms with Gasteiger partial charge in [-0.3, -0.25) is 9.36 Å². The summed E-state index contributed by atoms with van der Waals surface area (Å²) in [5.74, 6) is -0.379. The average Bonchev–Trinajstić information content (AvgIpc) is 3.09. The second kappa shape index (κ2) is 36.2. The molecule has 0 saturated carbocycles. The van der Waals surface area contributed by atoms with E-state index in [1.54, 1.807) is 0 Å². The fraction of sp³-hybridized carbons (Fsp3) is 0.744. The third-order valence-corrected chi connectivity index (χ3v) is 9.27. The van der Waals surface area contributed by atoms with Crippen molar-refractivity contribution in [1.82, 2.24) is 0 Å². The highest BCUT2D eigenvalue weighted by Gasteiger charge is 2.20. The highest BCUT2D eigenvalue weighted by Crippen LogP contribution is 2.38. The molecular formula is C43H78NO7P. The first-order valence-corrected chi connectivity index (χ1v) is 22.0. The number of likely N-dealkylation sites (N-methyl/N-ethyl adjacent to an activating group) is 1. The van der Waals surface area contributed by atoms with Gasteiger partial charge in [-0.25, -0.2) is 0 Å². The quantitative estimate of drug-likeness (QED) is 0.0205. The molecule has 0 rings (SSSR count). The maximum atomic E-state index is 12.6. The Hall–Kier alpha value is -1.80. The topological polar surface area (TPSA) is 94.1 Å². The Labute approximate surface area is 320 Å². The Morgan fingerprint density at radius 3 is 1.69 bits per heavy atom. The van der Waals surface area contributed by atoms with Crippen LogP contribution in [-0.2, 0) is 27.9 Å². The van der Waals surface area contributed by atoms with E-state index in [2.05, 4.69) is 74.6 Å². The van der Waals surface area contributed by atoms with Gasteiger partial charge in [0.15, 0.2) is 0 Å². The second-order valence-electron chi connectivity index (χ2n) is 14.6. The van der Waals surface area contributed by atoms with E-state index in [0.717, 1.165) is 57.8 Å². The van der Waals surface area contributed by atoms with Crippen LogP contribution >= 0.6 is 7.82 Å². The lowest BCUT2D eigenvalue weighted by Crippen LogP contribution is -2.37. The van der Waals surface area contributed by atoms with Crippen molar-refractivity contribution in [1.29, 1.82) is 0 Å². The number of esters is 1. The molecule has 0 radical (unpaired) electrons. The zero-order valence-electron chi connectivity index (χ0n) is 34.0. The number of nitrogens with zero attached hydrogens (tertiary/aromatic N) is 1. The van der Waals surface area contributed by atoms with Gasteiger partial charge in [-0.15, -0.1) is 0 Å². The number of phosphoric ester groups is 1. The van der Waals surface area contributed by atoms with Crippen LogP contribution in [0.15, 0.2) is 60.8 Å². The molecule has 0 aliphatic carbocycles. The molecular weight excluding hydrogens is 673 g/mol. The van der Waals surface area contributed by atoms with Crippen molar-refractivity contribution in [2.24, 2.45) is 0 Å². The molecule has 0 saturated heterocycles. The predicted octanol–water partition coefficient (Wildman–Crippen LogP) is 11.1. The number of hydrogen-bond acceptors (Lipinski definition) is 7. The van der Waals surface area contributed by atoms with E-state index in [-0.39, 0.29) is 32.2 Å². The number of ether oxygens (including phenoxy) is 2. The second-order valence-corrected chi connectivity index (χ2v) is 16.0. The van der Waals surface area contributed by atoms with Crippen LogP contribution in [-0.4, -0.2) is 70.7 Å². The summed E-state index contributed by atoms with van der Waals surface area (Å²) in [6.07, 6.45) is 43.8. The molecule has 52 heavy (non-hydrogen) atoms. The molecule has 0 N–H and O–H groups in total. The fourth-order valence-electron chi connectivity index (χ4n) is 5.12. The van der Waals surface area contributed by atoms with Gasteiger partial charge in [0, 0.05) is 13.0 Å². The van der Waals surface area contributed by atoms with Crippen molar-refractivity contribution in [3.8, 4) is 0 Å². The van der Waals surface area contributed by atoms with Crippen molar-refractivity contribution in [3.05, 3.63) is 60.8 Å². The number of unbranched alkanes of at least 4 members (excludes halogenated alkanes) is 13.